The summed E-state index contributed by atoms with van der Waals surface area (Å²) in [5.74, 6) is -0.364. The third-order valence-electron chi connectivity index (χ3n) is 3.14. The molecule has 0 aliphatic carbocycles. The van der Waals surface area contributed by atoms with Crippen LogP contribution in [0.2, 0.25) is 0 Å². The number of azide groups is 1. The summed E-state index contributed by atoms with van der Waals surface area (Å²) >= 11 is 0. The van der Waals surface area contributed by atoms with Crippen LogP contribution in [0.15, 0.2) is 23.3 Å². The molecule has 1 atom stereocenters. The van der Waals surface area contributed by atoms with Crippen molar-refractivity contribution >= 4 is 11.6 Å². The molecule has 1 unspecified atom stereocenters. The SMILES string of the molecule is Cc1c(F)cccc1N1CC(CN=[N+]=[N-])CC1=O. The Morgan fingerprint density at radius 3 is 3.11 bits per heavy atom. The van der Waals surface area contributed by atoms with Crippen molar-refractivity contribution < 1.29 is 9.18 Å². The molecule has 2 rings (SSSR count). The van der Waals surface area contributed by atoms with Crippen LogP contribution in [-0.2, 0) is 4.79 Å². The number of hydrogen-bond donors (Lipinski definition) is 0. The molecular weight excluding hydrogens is 235 g/mol. The number of benzene rings is 1. The van der Waals surface area contributed by atoms with E-state index in [9.17, 15) is 9.18 Å². The van der Waals surface area contributed by atoms with Crippen LogP contribution in [0.3, 0.4) is 0 Å². The Labute approximate surface area is 104 Å². The number of hydrogen-bond acceptors (Lipinski definition) is 2. The Morgan fingerprint density at radius 2 is 2.39 bits per heavy atom. The smallest absolute Gasteiger partial charge is 0.227 e. The van der Waals surface area contributed by atoms with Crippen LogP contribution >= 0.6 is 0 Å². The van der Waals surface area contributed by atoms with E-state index >= 15 is 0 Å². The van der Waals surface area contributed by atoms with Gasteiger partial charge in [-0.1, -0.05) is 11.2 Å². The molecule has 1 aromatic carbocycles. The topological polar surface area (TPSA) is 69.1 Å². The normalized spacial score (nSPS) is 18.9. The van der Waals surface area contributed by atoms with Gasteiger partial charge in [-0.2, -0.15) is 0 Å². The first-order chi connectivity index (χ1) is 8.63. The molecule has 1 saturated heterocycles. The first kappa shape index (κ1) is 12.4. The zero-order valence-electron chi connectivity index (χ0n) is 10.0. The number of nitrogens with zero attached hydrogens (tertiary/aromatic N) is 4. The molecule has 0 saturated carbocycles. The Kier molecular flexibility index (Phi) is 3.48. The molecule has 1 aliphatic rings. The molecule has 0 bridgehead atoms. The molecule has 5 nitrogen and oxygen atoms in total. The lowest BCUT2D eigenvalue weighted by Gasteiger charge is -2.19. The minimum absolute atomic E-state index is 0.0102. The van der Waals surface area contributed by atoms with Crippen LogP contribution in [0.4, 0.5) is 10.1 Å². The molecule has 0 aromatic heterocycles. The molecule has 1 fully saturated rings. The third-order valence-corrected chi connectivity index (χ3v) is 3.14. The average molecular weight is 248 g/mol. The van der Waals surface area contributed by atoms with Crippen LogP contribution in [-0.4, -0.2) is 19.0 Å². The van der Waals surface area contributed by atoms with Gasteiger partial charge in [-0.3, -0.25) is 4.79 Å². The summed E-state index contributed by atoms with van der Waals surface area (Å²) in [6.07, 6.45) is 0.342. The summed E-state index contributed by atoms with van der Waals surface area (Å²) in [4.78, 5) is 16.1. The average Bonchev–Trinajstić information content (AvgIpc) is 2.71. The van der Waals surface area contributed by atoms with Crippen LogP contribution in [0, 0.1) is 18.7 Å². The van der Waals surface area contributed by atoms with Crippen LogP contribution in [0.1, 0.15) is 12.0 Å². The summed E-state index contributed by atoms with van der Waals surface area (Å²) in [7, 11) is 0. The number of rotatable bonds is 3. The quantitative estimate of drug-likeness (QED) is 0.460. The summed E-state index contributed by atoms with van der Waals surface area (Å²) in [6, 6.07) is 4.69. The standard InChI is InChI=1S/C12H13FN4O/c1-8-10(13)3-2-4-11(8)17-7-9(5-12(17)18)6-15-16-14/h2-4,9H,5-7H2,1H3. The van der Waals surface area contributed by atoms with Crippen molar-refractivity contribution in [1.82, 2.24) is 0 Å². The summed E-state index contributed by atoms with van der Waals surface area (Å²) < 4.78 is 13.5. The van der Waals surface area contributed by atoms with Crippen molar-refractivity contribution in [3.8, 4) is 0 Å². The van der Waals surface area contributed by atoms with Gasteiger partial charge in [0.2, 0.25) is 5.91 Å². The van der Waals surface area contributed by atoms with E-state index < -0.39 is 0 Å². The maximum Gasteiger partial charge on any atom is 0.227 e. The van der Waals surface area contributed by atoms with E-state index in [2.05, 4.69) is 10.0 Å². The second-order valence-corrected chi connectivity index (χ2v) is 4.37. The van der Waals surface area contributed by atoms with Gasteiger partial charge in [0, 0.05) is 35.7 Å². The molecule has 18 heavy (non-hydrogen) atoms. The zero-order valence-corrected chi connectivity index (χ0v) is 10.0. The van der Waals surface area contributed by atoms with E-state index in [4.69, 9.17) is 5.53 Å². The lowest BCUT2D eigenvalue weighted by atomic mass is 10.1. The van der Waals surface area contributed by atoms with E-state index in [1.807, 2.05) is 0 Å². The third kappa shape index (κ3) is 2.28. The van der Waals surface area contributed by atoms with Crippen LogP contribution < -0.4 is 4.90 Å². The van der Waals surface area contributed by atoms with E-state index in [0.29, 0.717) is 30.8 Å². The second-order valence-electron chi connectivity index (χ2n) is 4.37. The Hall–Kier alpha value is -2.07. The van der Waals surface area contributed by atoms with Crippen LogP contribution in [0.5, 0.6) is 0 Å². The number of carbonyl (C=O) groups excluding carboxylic acids is 1. The summed E-state index contributed by atoms with van der Waals surface area (Å²) in [5, 5.41) is 3.48. The number of carbonyl (C=O) groups is 1. The van der Waals surface area contributed by atoms with E-state index in [1.165, 1.54) is 6.07 Å². The van der Waals surface area contributed by atoms with Gasteiger partial charge in [0.1, 0.15) is 5.82 Å². The molecule has 6 heteroatoms. The Morgan fingerprint density at radius 1 is 1.61 bits per heavy atom. The Balaban J connectivity index is 2.21. The minimum atomic E-state index is -0.321. The monoisotopic (exact) mass is 248 g/mol. The molecule has 0 spiro atoms. The molecule has 1 heterocycles. The van der Waals surface area contributed by atoms with Gasteiger partial charge in [0.05, 0.1) is 0 Å². The van der Waals surface area contributed by atoms with Gasteiger partial charge in [-0.25, -0.2) is 4.39 Å². The van der Waals surface area contributed by atoms with Crippen molar-refractivity contribution in [2.24, 2.45) is 11.0 Å². The molecule has 0 radical (unpaired) electrons. The Bertz CT molecular complexity index is 525. The lowest BCUT2D eigenvalue weighted by Crippen LogP contribution is -2.25. The first-order valence-corrected chi connectivity index (χ1v) is 5.70. The zero-order chi connectivity index (χ0) is 13.1. The van der Waals surface area contributed by atoms with Crippen molar-refractivity contribution in [3.05, 3.63) is 40.0 Å². The largest absolute Gasteiger partial charge is 0.312 e. The van der Waals surface area contributed by atoms with Crippen molar-refractivity contribution in [2.75, 3.05) is 18.0 Å². The number of amides is 1. The highest BCUT2D eigenvalue weighted by molar-refractivity contribution is 5.96. The van der Waals surface area contributed by atoms with Gasteiger partial charge in [0.25, 0.3) is 0 Å². The van der Waals surface area contributed by atoms with Gasteiger partial charge in [-0.15, -0.1) is 0 Å². The van der Waals surface area contributed by atoms with Gasteiger partial charge in [-0.05, 0) is 30.5 Å². The summed E-state index contributed by atoms with van der Waals surface area (Å²) in [6.45, 7) is 2.42. The van der Waals surface area contributed by atoms with E-state index in [0.717, 1.165) is 0 Å². The fraction of sp³-hybridized carbons (Fsp3) is 0.417. The molecule has 1 aliphatic heterocycles. The highest BCUT2D eigenvalue weighted by atomic mass is 19.1. The highest BCUT2D eigenvalue weighted by Crippen LogP contribution is 2.29. The predicted molar refractivity (Wildman–Crippen MR) is 65.6 cm³/mol. The summed E-state index contributed by atoms with van der Waals surface area (Å²) in [5.41, 5.74) is 9.33. The second kappa shape index (κ2) is 5.06. The number of anilines is 1. The fourth-order valence-electron chi connectivity index (χ4n) is 2.18. The van der Waals surface area contributed by atoms with Crippen molar-refractivity contribution in [2.45, 2.75) is 13.3 Å². The van der Waals surface area contributed by atoms with Crippen molar-refractivity contribution in [3.63, 3.8) is 0 Å². The first-order valence-electron chi connectivity index (χ1n) is 5.70. The molecule has 1 amide bonds. The minimum Gasteiger partial charge on any atom is -0.312 e. The van der Waals surface area contributed by atoms with Gasteiger partial charge in [0.15, 0.2) is 0 Å². The maximum atomic E-state index is 13.5. The lowest BCUT2D eigenvalue weighted by molar-refractivity contribution is -0.117. The predicted octanol–water partition coefficient (Wildman–Crippen LogP) is 2.80. The molecule has 94 valence electrons. The number of halogens is 1. The molecular formula is C12H13FN4O. The maximum absolute atomic E-state index is 13.5. The van der Waals surface area contributed by atoms with Crippen LogP contribution in [0.25, 0.3) is 10.4 Å². The van der Waals surface area contributed by atoms with E-state index in [1.54, 1.807) is 24.0 Å². The van der Waals surface area contributed by atoms with Gasteiger partial charge < -0.3 is 4.90 Å². The van der Waals surface area contributed by atoms with Gasteiger partial charge >= 0.3 is 0 Å². The fourth-order valence-corrected chi connectivity index (χ4v) is 2.18. The van der Waals surface area contributed by atoms with Crippen molar-refractivity contribution in [1.29, 1.82) is 0 Å². The van der Waals surface area contributed by atoms with E-state index in [-0.39, 0.29) is 17.6 Å². The molecule has 0 N–H and O–H groups in total. The highest BCUT2D eigenvalue weighted by Gasteiger charge is 2.31. The molecule has 1 aromatic rings.